The molecule has 1 aromatic rings. The van der Waals surface area contributed by atoms with Gasteiger partial charge >= 0.3 is 0 Å². The maximum Gasteiger partial charge on any atom is 0.0403 e. The van der Waals surface area contributed by atoms with Gasteiger partial charge in [-0.1, -0.05) is 69.7 Å². The molecule has 0 aliphatic rings. The minimum Gasteiger partial charge on any atom is -0.351 e. The number of nitrogens with zero attached hydrogens (tertiary/aromatic N) is 1. The van der Waals surface area contributed by atoms with E-state index in [9.17, 15) is 0 Å². The molecule has 0 unspecified atom stereocenters. The van der Waals surface area contributed by atoms with Gasteiger partial charge in [-0.25, -0.2) is 0 Å². The maximum absolute atomic E-state index is 2.29. The first-order valence-corrected chi connectivity index (χ1v) is 7.79. The zero-order valence-electron chi connectivity index (χ0n) is 12.6. The molecule has 106 valence electrons. The summed E-state index contributed by atoms with van der Waals surface area (Å²) in [5.41, 5.74) is 1.25. The molecule has 0 radical (unpaired) electrons. The van der Waals surface area contributed by atoms with Crippen LogP contribution in [0, 0.1) is 0 Å². The lowest BCUT2D eigenvalue weighted by molar-refractivity contribution is 0.592. The molecule has 0 N–H and O–H groups in total. The number of rotatable bonds is 10. The second kappa shape index (κ2) is 10.7. The first-order valence-electron chi connectivity index (χ1n) is 7.79. The lowest BCUT2D eigenvalue weighted by Gasteiger charge is -2.13. The van der Waals surface area contributed by atoms with Crippen LogP contribution in [0.3, 0.4) is 0 Å². The molecule has 1 aromatic carbocycles. The molecular formula is C18H29N. The highest BCUT2D eigenvalue weighted by Gasteiger charge is 1.93. The van der Waals surface area contributed by atoms with E-state index in [1.54, 1.807) is 0 Å². The Morgan fingerprint density at radius 1 is 0.895 bits per heavy atom. The Balaban J connectivity index is 2.04. The molecule has 1 heteroatoms. The van der Waals surface area contributed by atoms with Gasteiger partial charge in [-0.2, -0.15) is 0 Å². The average molecular weight is 259 g/mol. The van der Waals surface area contributed by atoms with Gasteiger partial charge in [0, 0.05) is 12.7 Å². The molecule has 1 rings (SSSR count). The summed E-state index contributed by atoms with van der Waals surface area (Å²) >= 11 is 0. The second-order valence-corrected chi connectivity index (χ2v) is 5.24. The smallest absolute Gasteiger partial charge is 0.0403 e. The van der Waals surface area contributed by atoms with Crippen LogP contribution in [0.2, 0.25) is 0 Å². The van der Waals surface area contributed by atoms with Crippen molar-refractivity contribution in [1.82, 2.24) is 0 Å². The van der Waals surface area contributed by atoms with Crippen LogP contribution < -0.4 is 4.90 Å². The van der Waals surface area contributed by atoms with Crippen molar-refractivity contribution in [2.75, 3.05) is 11.9 Å². The fraction of sp³-hybridized carbons (Fsp3) is 0.556. The van der Waals surface area contributed by atoms with E-state index in [0.717, 1.165) is 0 Å². The summed E-state index contributed by atoms with van der Waals surface area (Å²) in [6, 6.07) is 10.5. The third-order valence-electron chi connectivity index (χ3n) is 3.47. The summed E-state index contributed by atoms with van der Waals surface area (Å²) < 4.78 is 0. The van der Waals surface area contributed by atoms with E-state index in [1.807, 2.05) is 0 Å². The highest BCUT2D eigenvalue weighted by atomic mass is 15.1. The van der Waals surface area contributed by atoms with E-state index in [-0.39, 0.29) is 0 Å². The minimum absolute atomic E-state index is 1.20. The first kappa shape index (κ1) is 15.8. The van der Waals surface area contributed by atoms with Gasteiger partial charge in [0.15, 0.2) is 0 Å². The lowest BCUT2D eigenvalue weighted by atomic mass is 10.1. The maximum atomic E-state index is 2.29. The molecule has 0 atom stereocenters. The normalized spacial score (nSPS) is 11.1. The van der Waals surface area contributed by atoms with Gasteiger partial charge in [0.1, 0.15) is 0 Å². The van der Waals surface area contributed by atoms with Gasteiger partial charge < -0.3 is 4.90 Å². The Morgan fingerprint density at radius 3 is 2.21 bits per heavy atom. The van der Waals surface area contributed by atoms with Crippen molar-refractivity contribution in [1.29, 1.82) is 0 Å². The van der Waals surface area contributed by atoms with Crippen LogP contribution in [0.25, 0.3) is 0 Å². The third kappa shape index (κ3) is 7.71. The van der Waals surface area contributed by atoms with Gasteiger partial charge in [-0.05, 0) is 31.2 Å². The zero-order valence-corrected chi connectivity index (χ0v) is 12.6. The second-order valence-electron chi connectivity index (χ2n) is 5.24. The summed E-state index contributed by atoms with van der Waals surface area (Å²) in [7, 11) is 2.11. The number of allylic oxidation sites excluding steroid dienone is 1. The standard InChI is InChI=1S/C18H29N/c1-3-4-5-6-7-8-9-10-14-17-19(2)18-15-12-11-13-16-18/h11-17H,3-10H2,1-2H3. The van der Waals surface area contributed by atoms with E-state index >= 15 is 0 Å². The first-order chi connectivity index (χ1) is 9.34. The van der Waals surface area contributed by atoms with Crippen molar-refractivity contribution < 1.29 is 0 Å². The quantitative estimate of drug-likeness (QED) is 0.482. The number of hydrogen-bond acceptors (Lipinski definition) is 1. The Labute approximate surface area is 119 Å². The van der Waals surface area contributed by atoms with Crippen molar-refractivity contribution in [3.05, 3.63) is 42.6 Å². The van der Waals surface area contributed by atoms with Crippen LogP contribution >= 0.6 is 0 Å². The summed E-state index contributed by atoms with van der Waals surface area (Å²) in [6.07, 6.45) is 15.4. The SMILES string of the molecule is CCCCCCCCCC=CN(C)c1ccccc1. The van der Waals surface area contributed by atoms with Gasteiger partial charge in [-0.3, -0.25) is 0 Å². The monoisotopic (exact) mass is 259 g/mol. The highest BCUT2D eigenvalue weighted by molar-refractivity contribution is 5.47. The van der Waals surface area contributed by atoms with Crippen molar-refractivity contribution in [3.63, 3.8) is 0 Å². The largest absolute Gasteiger partial charge is 0.351 e. The average Bonchev–Trinajstić information content (AvgIpc) is 2.46. The van der Waals surface area contributed by atoms with E-state index in [2.05, 4.69) is 61.5 Å². The number of para-hydroxylation sites is 1. The summed E-state index contributed by atoms with van der Waals surface area (Å²) in [5.74, 6) is 0. The molecule has 0 aliphatic heterocycles. The fourth-order valence-corrected chi connectivity index (χ4v) is 2.20. The molecule has 0 aliphatic carbocycles. The van der Waals surface area contributed by atoms with Crippen LogP contribution in [-0.2, 0) is 0 Å². The van der Waals surface area contributed by atoms with Crippen LogP contribution in [0.15, 0.2) is 42.6 Å². The molecule has 0 spiro atoms. The molecule has 0 fully saturated rings. The fourth-order valence-electron chi connectivity index (χ4n) is 2.20. The molecule has 0 saturated carbocycles. The molecule has 0 saturated heterocycles. The predicted molar refractivity (Wildman–Crippen MR) is 86.6 cm³/mol. The van der Waals surface area contributed by atoms with E-state index < -0.39 is 0 Å². The topological polar surface area (TPSA) is 3.24 Å². The molecule has 19 heavy (non-hydrogen) atoms. The van der Waals surface area contributed by atoms with Crippen LogP contribution in [0.1, 0.15) is 58.3 Å². The van der Waals surface area contributed by atoms with Gasteiger partial charge in [0.05, 0.1) is 0 Å². The van der Waals surface area contributed by atoms with Crippen molar-refractivity contribution in [2.24, 2.45) is 0 Å². The summed E-state index contributed by atoms with van der Waals surface area (Å²) in [5, 5.41) is 0. The van der Waals surface area contributed by atoms with E-state index in [4.69, 9.17) is 0 Å². The highest BCUT2D eigenvalue weighted by Crippen LogP contribution is 2.12. The summed E-state index contributed by atoms with van der Waals surface area (Å²) in [4.78, 5) is 2.18. The number of benzene rings is 1. The molecule has 0 bridgehead atoms. The van der Waals surface area contributed by atoms with Crippen LogP contribution in [-0.4, -0.2) is 7.05 Å². The number of unbranched alkanes of at least 4 members (excludes halogenated alkanes) is 7. The molecule has 0 amide bonds. The van der Waals surface area contributed by atoms with Gasteiger partial charge in [0.2, 0.25) is 0 Å². The van der Waals surface area contributed by atoms with Crippen molar-refractivity contribution in [3.8, 4) is 0 Å². The van der Waals surface area contributed by atoms with Gasteiger partial charge in [-0.15, -0.1) is 0 Å². The number of anilines is 1. The predicted octanol–water partition coefficient (Wildman–Crippen LogP) is 5.78. The molecular weight excluding hydrogens is 230 g/mol. The Hall–Kier alpha value is -1.24. The van der Waals surface area contributed by atoms with E-state index in [1.165, 1.54) is 57.1 Å². The lowest BCUT2D eigenvalue weighted by Crippen LogP contribution is -2.06. The molecule has 1 nitrogen and oxygen atoms in total. The Bertz CT molecular complexity index is 329. The zero-order chi connectivity index (χ0) is 13.8. The molecule has 0 heterocycles. The Kier molecular flexibility index (Phi) is 8.87. The summed E-state index contributed by atoms with van der Waals surface area (Å²) in [6.45, 7) is 2.27. The van der Waals surface area contributed by atoms with Gasteiger partial charge in [0.25, 0.3) is 0 Å². The third-order valence-corrected chi connectivity index (χ3v) is 3.47. The van der Waals surface area contributed by atoms with Crippen LogP contribution in [0.5, 0.6) is 0 Å². The van der Waals surface area contributed by atoms with E-state index in [0.29, 0.717) is 0 Å². The molecule has 0 aromatic heterocycles. The van der Waals surface area contributed by atoms with Crippen molar-refractivity contribution in [2.45, 2.75) is 58.3 Å². The minimum atomic E-state index is 1.20. The van der Waals surface area contributed by atoms with Crippen LogP contribution in [0.4, 0.5) is 5.69 Å². The van der Waals surface area contributed by atoms with Crippen molar-refractivity contribution >= 4 is 5.69 Å². The number of hydrogen-bond donors (Lipinski definition) is 0. The Morgan fingerprint density at radius 2 is 1.53 bits per heavy atom.